The first-order chi connectivity index (χ1) is 7.75. The van der Waals surface area contributed by atoms with Crippen molar-refractivity contribution in [2.75, 3.05) is 0 Å². The maximum atomic E-state index is 9.45. The van der Waals surface area contributed by atoms with Crippen LogP contribution in [-0.4, -0.2) is 17.3 Å². The van der Waals surface area contributed by atoms with Gasteiger partial charge in [-0.3, -0.25) is 0 Å². The molecule has 0 saturated heterocycles. The zero-order valence-corrected chi connectivity index (χ0v) is 9.89. The van der Waals surface area contributed by atoms with Gasteiger partial charge in [-0.05, 0) is 38.2 Å². The van der Waals surface area contributed by atoms with Gasteiger partial charge in [0.25, 0.3) is 0 Å². The van der Waals surface area contributed by atoms with E-state index in [2.05, 4.69) is 36.5 Å². The normalized spacial score (nSPS) is 27.6. The topological polar surface area (TPSA) is 32.3 Å². The third-order valence-electron chi connectivity index (χ3n) is 3.48. The van der Waals surface area contributed by atoms with Crippen molar-refractivity contribution >= 4 is 0 Å². The molecule has 88 valence electrons. The number of benzene rings is 1. The van der Waals surface area contributed by atoms with E-state index < -0.39 is 0 Å². The summed E-state index contributed by atoms with van der Waals surface area (Å²) in [7, 11) is 0. The molecule has 2 rings (SSSR count). The second-order valence-electron chi connectivity index (χ2n) is 4.80. The average molecular weight is 219 g/mol. The second kappa shape index (κ2) is 5.46. The van der Waals surface area contributed by atoms with Crippen LogP contribution in [0.3, 0.4) is 0 Å². The Morgan fingerprint density at radius 1 is 1.12 bits per heavy atom. The van der Waals surface area contributed by atoms with Gasteiger partial charge in [-0.15, -0.1) is 0 Å². The van der Waals surface area contributed by atoms with E-state index in [1.165, 1.54) is 5.56 Å². The zero-order chi connectivity index (χ0) is 11.4. The van der Waals surface area contributed by atoms with Crippen molar-refractivity contribution in [3.05, 3.63) is 35.9 Å². The fourth-order valence-corrected chi connectivity index (χ4v) is 2.43. The third-order valence-corrected chi connectivity index (χ3v) is 3.48. The molecular weight excluding hydrogens is 198 g/mol. The molecule has 2 nitrogen and oxygen atoms in total. The van der Waals surface area contributed by atoms with E-state index in [-0.39, 0.29) is 6.10 Å². The molecule has 0 radical (unpaired) electrons. The summed E-state index contributed by atoms with van der Waals surface area (Å²) in [6.45, 7) is 2.21. The fraction of sp³-hybridized carbons (Fsp3) is 0.571. The minimum absolute atomic E-state index is 0.0647. The van der Waals surface area contributed by atoms with Gasteiger partial charge in [-0.1, -0.05) is 30.3 Å². The summed E-state index contributed by atoms with van der Waals surface area (Å²) in [4.78, 5) is 0. The summed E-state index contributed by atoms with van der Waals surface area (Å²) in [5.41, 5.74) is 1.34. The van der Waals surface area contributed by atoms with Crippen molar-refractivity contribution < 1.29 is 5.11 Å². The molecule has 2 heteroatoms. The van der Waals surface area contributed by atoms with Crippen LogP contribution in [0.1, 0.15) is 44.2 Å². The van der Waals surface area contributed by atoms with Gasteiger partial charge >= 0.3 is 0 Å². The first-order valence-corrected chi connectivity index (χ1v) is 6.25. The number of nitrogens with one attached hydrogen (secondary N) is 1. The van der Waals surface area contributed by atoms with E-state index in [0.29, 0.717) is 12.1 Å². The van der Waals surface area contributed by atoms with Crippen molar-refractivity contribution in [2.24, 2.45) is 0 Å². The molecule has 0 heterocycles. The molecule has 1 aliphatic carbocycles. The predicted molar refractivity (Wildman–Crippen MR) is 66.3 cm³/mol. The van der Waals surface area contributed by atoms with Crippen molar-refractivity contribution in [3.63, 3.8) is 0 Å². The molecule has 1 aromatic rings. The summed E-state index contributed by atoms with van der Waals surface area (Å²) in [6, 6.07) is 11.5. The molecule has 1 saturated carbocycles. The molecule has 0 aliphatic heterocycles. The smallest absolute Gasteiger partial charge is 0.0541 e. The average Bonchev–Trinajstić information content (AvgIpc) is 2.33. The molecule has 1 aliphatic rings. The maximum Gasteiger partial charge on any atom is 0.0541 e. The molecular formula is C14H21NO. The van der Waals surface area contributed by atoms with Gasteiger partial charge < -0.3 is 10.4 Å². The summed E-state index contributed by atoms with van der Waals surface area (Å²) >= 11 is 0. The Hall–Kier alpha value is -0.860. The van der Waals surface area contributed by atoms with E-state index in [1.54, 1.807) is 0 Å². The Morgan fingerprint density at radius 3 is 2.38 bits per heavy atom. The second-order valence-corrected chi connectivity index (χ2v) is 4.80. The van der Waals surface area contributed by atoms with Crippen molar-refractivity contribution in [1.29, 1.82) is 0 Å². The van der Waals surface area contributed by atoms with Gasteiger partial charge in [0.15, 0.2) is 0 Å². The lowest BCUT2D eigenvalue weighted by molar-refractivity contribution is 0.114. The Balaban J connectivity index is 1.86. The molecule has 0 bridgehead atoms. The molecule has 1 atom stereocenters. The summed E-state index contributed by atoms with van der Waals surface area (Å²) in [5.74, 6) is 0. The SMILES string of the molecule is CC(NC1CCC(O)CC1)c1ccccc1. The summed E-state index contributed by atoms with van der Waals surface area (Å²) < 4.78 is 0. The number of hydrogen-bond acceptors (Lipinski definition) is 2. The highest BCUT2D eigenvalue weighted by Gasteiger charge is 2.20. The van der Waals surface area contributed by atoms with Gasteiger partial charge in [0.2, 0.25) is 0 Å². The van der Waals surface area contributed by atoms with Gasteiger partial charge in [0.05, 0.1) is 6.10 Å². The molecule has 0 aromatic heterocycles. The largest absolute Gasteiger partial charge is 0.393 e. The minimum atomic E-state index is -0.0647. The third kappa shape index (κ3) is 3.06. The highest BCUT2D eigenvalue weighted by Crippen LogP contribution is 2.21. The molecule has 1 fully saturated rings. The highest BCUT2D eigenvalue weighted by atomic mass is 16.3. The Bertz CT molecular complexity index is 304. The molecule has 0 spiro atoms. The quantitative estimate of drug-likeness (QED) is 0.819. The summed E-state index contributed by atoms with van der Waals surface area (Å²) in [6.07, 6.45) is 4.01. The van der Waals surface area contributed by atoms with Gasteiger partial charge in [0, 0.05) is 12.1 Å². The lowest BCUT2D eigenvalue weighted by Gasteiger charge is -2.29. The monoisotopic (exact) mass is 219 g/mol. The van der Waals surface area contributed by atoms with Crippen LogP contribution < -0.4 is 5.32 Å². The van der Waals surface area contributed by atoms with E-state index in [1.807, 2.05) is 6.07 Å². The molecule has 0 amide bonds. The Morgan fingerprint density at radius 2 is 1.75 bits per heavy atom. The van der Waals surface area contributed by atoms with Gasteiger partial charge in [0.1, 0.15) is 0 Å². The van der Waals surface area contributed by atoms with Gasteiger partial charge in [-0.25, -0.2) is 0 Å². The van der Waals surface area contributed by atoms with E-state index in [0.717, 1.165) is 25.7 Å². The van der Waals surface area contributed by atoms with Crippen LogP contribution in [0.4, 0.5) is 0 Å². The number of rotatable bonds is 3. The Kier molecular flexibility index (Phi) is 3.97. The lowest BCUT2D eigenvalue weighted by Crippen LogP contribution is -2.36. The highest BCUT2D eigenvalue weighted by molar-refractivity contribution is 5.18. The van der Waals surface area contributed by atoms with Gasteiger partial charge in [-0.2, -0.15) is 0 Å². The van der Waals surface area contributed by atoms with Crippen LogP contribution in [0.5, 0.6) is 0 Å². The van der Waals surface area contributed by atoms with E-state index in [9.17, 15) is 5.11 Å². The standard InChI is InChI=1S/C14H21NO/c1-11(12-5-3-2-4-6-12)15-13-7-9-14(16)10-8-13/h2-6,11,13-16H,7-10H2,1H3. The first kappa shape index (κ1) is 11.6. The Labute approximate surface area is 97.7 Å². The first-order valence-electron chi connectivity index (χ1n) is 6.25. The van der Waals surface area contributed by atoms with Crippen molar-refractivity contribution in [2.45, 2.75) is 50.8 Å². The minimum Gasteiger partial charge on any atom is -0.393 e. The van der Waals surface area contributed by atoms with Crippen LogP contribution in [0.15, 0.2) is 30.3 Å². The number of aliphatic hydroxyl groups is 1. The van der Waals surface area contributed by atoms with Crippen LogP contribution in [-0.2, 0) is 0 Å². The number of aliphatic hydroxyl groups excluding tert-OH is 1. The van der Waals surface area contributed by atoms with Crippen LogP contribution >= 0.6 is 0 Å². The molecule has 1 unspecified atom stereocenters. The molecule has 2 N–H and O–H groups in total. The van der Waals surface area contributed by atoms with Crippen LogP contribution in [0.25, 0.3) is 0 Å². The van der Waals surface area contributed by atoms with Crippen molar-refractivity contribution in [1.82, 2.24) is 5.32 Å². The van der Waals surface area contributed by atoms with Crippen molar-refractivity contribution in [3.8, 4) is 0 Å². The molecule has 16 heavy (non-hydrogen) atoms. The fourth-order valence-electron chi connectivity index (χ4n) is 2.43. The number of hydrogen-bond donors (Lipinski definition) is 2. The zero-order valence-electron chi connectivity index (χ0n) is 9.89. The lowest BCUT2D eigenvalue weighted by atomic mass is 9.92. The maximum absolute atomic E-state index is 9.45. The van der Waals surface area contributed by atoms with E-state index >= 15 is 0 Å². The molecule has 1 aromatic carbocycles. The summed E-state index contributed by atoms with van der Waals surface area (Å²) in [5, 5.41) is 13.1. The van der Waals surface area contributed by atoms with Crippen LogP contribution in [0, 0.1) is 0 Å². The predicted octanol–water partition coefficient (Wildman–Crippen LogP) is 2.64. The van der Waals surface area contributed by atoms with Crippen LogP contribution in [0.2, 0.25) is 0 Å². The van der Waals surface area contributed by atoms with E-state index in [4.69, 9.17) is 0 Å².